The minimum atomic E-state index is -0.167. The standard InChI is InChI=1S/C21H25N3.2ClH/c1-15-4-7-20-18(12-15)19-14-23(3)10-9-21(19)24(20)11-8-17-6-5-16(2)22-13-17;;/h4-7,12-13H,8-11,14H2,1-3H3;2*1H/i2D,5D,6D,13D;;. The van der Waals surface area contributed by atoms with Crippen molar-refractivity contribution in [3.8, 4) is 0 Å². The van der Waals surface area contributed by atoms with Crippen LogP contribution in [0, 0.1) is 13.8 Å². The van der Waals surface area contributed by atoms with Gasteiger partial charge < -0.3 is 9.47 Å². The molecule has 0 spiro atoms. The number of fused-ring (bicyclic) bond motifs is 3. The van der Waals surface area contributed by atoms with Gasteiger partial charge in [-0.25, -0.2) is 0 Å². The molecule has 0 amide bonds. The quantitative estimate of drug-likeness (QED) is 0.638. The van der Waals surface area contributed by atoms with Gasteiger partial charge in [-0.05, 0) is 56.6 Å². The summed E-state index contributed by atoms with van der Waals surface area (Å²) in [5.41, 5.74) is 5.88. The van der Waals surface area contributed by atoms with Crippen molar-refractivity contribution >= 4 is 35.7 Å². The first-order valence-electron chi connectivity index (χ1n) is 10.6. The monoisotopic (exact) mass is 395 g/mol. The topological polar surface area (TPSA) is 21.1 Å². The minimum absolute atomic E-state index is 0. The van der Waals surface area contributed by atoms with E-state index in [2.05, 4.69) is 46.6 Å². The predicted molar refractivity (Wildman–Crippen MR) is 114 cm³/mol. The van der Waals surface area contributed by atoms with Crippen LogP contribution in [0.3, 0.4) is 0 Å². The van der Waals surface area contributed by atoms with E-state index in [-0.39, 0.29) is 55.7 Å². The fourth-order valence-corrected chi connectivity index (χ4v) is 3.63. The normalized spacial score (nSPS) is 15.9. The molecule has 0 unspecified atom stereocenters. The number of hydrogen-bond donors (Lipinski definition) is 0. The summed E-state index contributed by atoms with van der Waals surface area (Å²) in [6, 6.07) is 6.58. The van der Waals surface area contributed by atoms with Crippen molar-refractivity contribution in [2.24, 2.45) is 0 Å². The Balaban J connectivity index is 0.00000160. The van der Waals surface area contributed by atoms with Crippen LogP contribution in [0.15, 0.2) is 36.5 Å². The molecule has 0 bridgehead atoms. The van der Waals surface area contributed by atoms with Crippen LogP contribution in [-0.2, 0) is 25.9 Å². The first kappa shape index (κ1) is 15.5. The Hall–Kier alpha value is -1.55. The molecule has 3 aromatic rings. The summed E-state index contributed by atoms with van der Waals surface area (Å²) in [5, 5.41) is 1.29. The van der Waals surface area contributed by atoms with Crippen LogP contribution in [0.2, 0.25) is 0 Å². The third-order valence-electron chi connectivity index (χ3n) is 4.87. The minimum Gasteiger partial charge on any atom is -0.344 e. The third-order valence-corrected chi connectivity index (χ3v) is 4.87. The third kappa shape index (κ3) is 3.90. The van der Waals surface area contributed by atoms with Crippen molar-refractivity contribution in [2.75, 3.05) is 13.6 Å². The number of pyridine rings is 1. The maximum Gasteiger partial charge on any atom is 0.0843 e. The lowest BCUT2D eigenvalue weighted by molar-refractivity contribution is 0.309. The van der Waals surface area contributed by atoms with Gasteiger partial charge in [0.2, 0.25) is 0 Å². The largest absolute Gasteiger partial charge is 0.344 e. The molecule has 2 aromatic heterocycles. The highest BCUT2D eigenvalue weighted by atomic mass is 35.5. The van der Waals surface area contributed by atoms with Gasteiger partial charge >= 0.3 is 0 Å². The van der Waals surface area contributed by atoms with E-state index in [1.165, 1.54) is 27.7 Å². The van der Waals surface area contributed by atoms with Gasteiger partial charge in [0, 0.05) is 55.9 Å². The Labute approximate surface area is 173 Å². The molecular weight excluding hydrogens is 365 g/mol. The zero-order valence-corrected chi connectivity index (χ0v) is 16.8. The maximum absolute atomic E-state index is 8.27. The molecule has 1 aliphatic heterocycles. The molecule has 1 aromatic carbocycles. The second-order valence-corrected chi connectivity index (χ2v) is 6.73. The highest BCUT2D eigenvalue weighted by Crippen LogP contribution is 2.31. The summed E-state index contributed by atoms with van der Waals surface area (Å²) in [7, 11) is 2.15. The van der Waals surface area contributed by atoms with Gasteiger partial charge in [-0.3, -0.25) is 4.98 Å². The molecule has 140 valence electrons. The van der Waals surface area contributed by atoms with Gasteiger partial charge in [-0.2, -0.15) is 0 Å². The molecule has 0 N–H and O–H groups in total. The second kappa shape index (κ2) is 8.43. The van der Waals surface area contributed by atoms with E-state index in [9.17, 15) is 0 Å². The molecular formula is C21H27Cl2N3. The number of likely N-dealkylation sites (N-methyl/N-ethyl adjacent to an activating group) is 1. The summed E-state index contributed by atoms with van der Waals surface area (Å²) >= 11 is 0. The Bertz CT molecular complexity index is 1070. The lowest BCUT2D eigenvalue weighted by atomic mass is 10.0. The van der Waals surface area contributed by atoms with Crippen LogP contribution in [-0.4, -0.2) is 28.0 Å². The molecule has 4 rings (SSSR count). The molecule has 0 atom stereocenters. The molecule has 0 saturated heterocycles. The highest BCUT2D eigenvalue weighted by molar-refractivity contribution is 5.86. The van der Waals surface area contributed by atoms with Crippen molar-refractivity contribution in [1.29, 1.82) is 0 Å². The number of nitrogens with zero attached hydrogens (tertiary/aromatic N) is 3. The summed E-state index contributed by atoms with van der Waals surface area (Å²) in [5.74, 6) is 0. The van der Waals surface area contributed by atoms with Crippen LogP contribution in [0.4, 0.5) is 0 Å². The Kier molecular flexibility index (Phi) is 5.02. The summed E-state index contributed by atoms with van der Waals surface area (Å²) in [4.78, 5) is 6.42. The van der Waals surface area contributed by atoms with E-state index in [4.69, 9.17) is 5.48 Å². The Morgan fingerprint density at radius 1 is 1.27 bits per heavy atom. The van der Waals surface area contributed by atoms with E-state index >= 15 is 0 Å². The number of benzene rings is 1. The van der Waals surface area contributed by atoms with Gasteiger partial charge in [-0.1, -0.05) is 17.7 Å². The smallest absolute Gasteiger partial charge is 0.0843 e. The molecule has 3 heterocycles. The Morgan fingerprint density at radius 2 is 2.12 bits per heavy atom. The second-order valence-electron chi connectivity index (χ2n) is 6.73. The van der Waals surface area contributed by atoms with Crippen molar-refractivity contribution in [2.45, 2.75) is 39.8 Å². The van der Waals surface area contributed by atoms with Gasteiger partial charge in [0.15, 0.2) is 0 Å². The number of hydrogen-bond acceptors (Lipinski definition) is 2. The zero-order valence-electron chi connectivity index (χ0n) is 19.1. The highest BCUT2D eigenvalue weighted by Gasteiger charge is 2.22. The summed E-state index contributed by atoms with van der Waals surface area (Å²) in [6.45, 7) is 4.57. The first-order valence-corrected chi connectivity index (χ1v) is 8.44. The Morgan fingerprint density at radius 3 is 2.92 bits per heavy atom. The fraction of sp³-hybridized carbons (Fsp3) is 0.381. The van der Waals surface area contributed by atoms with Gasteiger partial charge in [0.1, 0.15) is 0 Å². The van der Waals surface area contributed by atoms with Crippen molar-refractivity contribution < 1.29 is 5.48 Å². The zero-order chi connectivity index (χ0) is 20.0. The molecule has 5 heteroatoms. The summed E-state index contributed by atoms with van der Waals surface area (Å²) in [6.07, 6.45) is 1.51. The van der Waals surface area contributed by atoms with E-state index in [1.54, 1.807) is 0 Å². The van der Waals surface area contributed by atoms with Gasteiger partial charge in [0.25, 0.3) is 0 Å². The molecule has 1 aliphatic rings. The average molecular weight is 396 g/mol. The maximum atomic E-state index is 8.27. The van der Waals surface area contributed by atoms with Crippen LogP contribution in [0.25, 0.3) is 10.9 Å². The van der Waals surface area contributed by atoms with E-state index in [0.29, 0.717) is 18.5 Å². The van der Waals surface area contributed by atoms with Gasteiger partial charge in [-0.15, -0.1) is 24.8 Å². The van der Waals surface area contributed by atoms with E-state index in [0.717, 1.165) is 19.5 Å². The van der Waals surface area contributed by atoms with E-state index < -0.39 is 0 Å². The lowest BCUT2D eigenvalue weighted by Crippen LogP contribution is -2.27. The van der Waals surface area contributed by atoms with Crippen LogP contribution in [0.1, 0.15) is 33.6 Å². The lowest BCUT2D eigenvalue weighted by Gasteiger charge is -2.24. The first-order chi connectivity index (χ1) is 13.4. The van der Waals surface area contributed by atoms with Crippen LogP contribution in [0.5, 0.6) is 0 Å². The van der Waals surface area contributed by atoms with Crippen LogP contribution >= 0.6 is 24.8 Å². The van der Waals surface area contributed by atoms with Gasteiger partial charge in [0.05, 0.1) is 4.11 Å². The number of rotatable bonds is 3. The van der Waals surface area contributed by atoms with Crippen molar-refractivity contribution in [3.63, 3.8) is 0 Å². The van der Waals surface area contributed by atoms with Crippen molar-refractivity contribution in [3.05, 3.63) is 64.5 Å². The average Bonchev–Trinajstić information content (AvgIpc) is 2.97. The predicted octanol–water partition coefficient (Wildman–Crippen LogP) is 4.73. The molecule has 0 saturated carbocycles. The molecule has 26 heavy (non-hydrogen) atoms. The number of aromatic nitrogens is 2. The SMILES string of the molecule is Cl.Cl.[2H]Cc1nc([2H])c(CCn2c3c(c4cc(C)ccc42)CN(C)CC3)c([2H])c1[2H]. The number of aryl methyl sites for hydroxylation is 3. The summed E-state index contributed by atoms with van der Waals surface area (Å²) < 4.78 is 34.3. The molecule has 0 fully saturated rings. The van der Waals surface area contributed by atoms with E-state index in [1.807, 2.05) is 0 Å². The fourth-order valence-electron chi connectivity index (χ4n) is 3.63. The van der Waals surface area contributed by atoms with Crippen LogP contribution < -0.4 is 0 Å². The van der Waals surface area contributed by atoms with Crippen molar-refractivity contribution in [1.82, 2.24) is 14.5 Å². The molecule has 3 nitrogen and oxygen atoms in total. The molecule has 0 aliphatic carbocycles. The number of halogens is 2. The molecule has 0 radical (unpaired) electrons.